The molecule has 4 rings (SSSR count). The Hall–Kier alpha value is -1.74. The highest BCUT2D eigenvalue weighted by atomic mass is 32.2. The molecule has 0 spiro atoms. The van der Waals surface area contributed by atoms with E-state index in [1.165, 1.54) is 34.4 Å². The normalized spacial score (nSPS) is 19.0. The van der Waals surface area contributed by atoms with Crippen LogP contribution in [0.5, 0.6) is 0 Å². The number of fused-ring (bicyclic) bond motifs is 4. The van der Waals surface area contributed by atoms with Gasteiger partial charge in [0.1, 0.15) is 0 Å². The molecule has 0 radical (unpaired) electrons. The lowest BCUT2D eigenvalue weighted by Gasteiger charge is -2.14. The summed E-state index contributed by atoms with van der Waals surface area (Å²) in [5.74, 6) is -0.197. The van der Waals surface area contributed by atoms with Crippen molar-refractivity contribution >= 4 is 17.7 Å². The molecule has 0 amide bonds. The van der Waals surface area contributed by atoms with Gasteiger partial charge in [0.25, 0.3) is 0 Å². The third-order valence-electron chi connectivity index (χ3n) is 4.92. The maximum atomic E-state index is 11.2. The average molecular weight is 310 g/mol. The van der Waals surface area contributed by atoms with Crippen molar-refractivity contribution in [2.75, 3.05) is 0 Å². The number of carboxylic acid groups (broad SMARTS) is 1. The summed E-state index contributed by atoms with van der Waals surface area (Å²) in [6, 6.07) is 10.1. The summed E-state index contributed by atoms with van der Waals surface area (Å²) in [5, 5.41) is 9.20. The molecule has 2 nitrogen and oxygen atoms in total. The van der Waals surface area contributed by atoms with E-state index >= 15 is 0 Å². The zero-order valence-corrected chi connectivity index (χ0v) is 13.4. The Kier molecular flexibility index (Phi) is 3.26. The molecule has 22 heavy (non-hydrogen) atoms. The molecule has 1 heterocycles. The third-order valence-corrected chi connectivity index (χ3v) is 6.12. The lowest BCUT2D eigenvalue weighted by atomic mass is 9.93. The van der Waals surface area contributed by atoms with Gasteiger partial charge >= 0.3 is 5.97 Å². The zero-order valence-electron chi connectivity index (χ0n) is 12.6. The molecule has 0 saturated heterocycles. The number of aromatic carboxylic acids is 1. The molecule has 1 unspecified atom stereocenters. The van der Waals surface area contributed by atoms with Gasteiger partial charge < -0.3 is 5.11 Å². The van der Waals surface area contributed by atoms with Gasteiger partial charge in [0.15, 0.2) is 0 Å². The van der Waals surface area contributed by atoms with E-state index in [0.717, 1.165) is 17.7 Å². The summed E-state index contributed by atoms with van der Waals surface area (Å²) in [6.45, 7) is 2.33. The van der Waals surface area contributed by atoms with Gasteiger partial charge in [0, 0.05) is 9.79 Å². The molecule has 1 aliphatic carbocycles. The highest BCUT2D eigenvalue weighted by Gasteiger charge is 2.26. The van der Waals surface area contributed by atoms with E-state index in [1.54, 1.807) is 23.4 Å². The maximum Gasteiger partial charge on any atom is 0.335 e. The first kappa shape index (κ1) is 13.9. The molecule has 1 aliphatic heterocycles. The molecule has 0 aromatic heterocycles. The molecule has 2 aromatic rings. The Morgan fingerprint density at radius 3 is 2.73 bits per heavy atom. The molecule has 0 fully saturated rings. The van der Waals surface area contributed by atoms with Crippen molar-refractivity contribution in [1.29, 1.82) is 0 Å². The van der Waals surface area contributed by atoms with E-state index in [-0.39, 0.29) is 0 Å². The van der Waals surface area contributed by atoms with Crippen LogP contribution in [0.3, 0.4) is 0 Å². The van der Waals surface area contributed by atoms with Crippen molar-refractivity contribution in [3.63, 3.8) is 0 Å². The first-order valence-electron chi connectivity index (χ1n) is 7.82. The Balaban J connectivity index is 1.81. The van der Waals surface area contributed by atoms with Gasteiger partial charge in [0.05, 0.1) is 5.56 Å². The first-order valence-corrected chi connectivity index (χ1v) is 8.64. The average Bonchev–Trinajstić information content (AvgIpc) is 2.78. The van der Waals surface area contributed by atoms with E-state index in [2.05, 4.69) is 19.1 Å². The zero-order chi connectivity index (χ0) is 15.3. The number of carbonyl (C=O) groups is 1. The third kappa shape index (κ3) is 2.15. The Morgan fingerprint density at radius 2 is 1.91 bits per heavy atom. The summed E-state index contributed by atoms with van der Waals surface area (Å²) >= 11 is 1.74. The Bertz CT molecular complexity index is 779. The smallest absolute Gasteiger partial charge is 0.335 e. The number of benzene rings is 2. The van der Waals surface area contributed by atoms with E-state index in [9.17, 15) is 9.90 Å². The van der Waals surface area contributed by atoms with Gasteiger partial charge in [0.2, 0.25) is 0 Å². The fourth-order valence-electron chi connectivity index (χ4n) is 3.76. The van der Waals surface area contributed by atoms with Gasteiger partial charge in [-0.1, -0.05) is 30.8 Å². The van der Waals surface area contributed by atoms with Crippen LogP contribution in [0.15, 0.2) is 40.1 Å². The molecule has 0 bridgehead atoms. The van der Waals surface area contributed by atoms with Crippen LogP contribution in [0, 0.1) is 0 Å². The van der Waals surface area contributed by atoms with Crippen LogP contribution in [-0.2, 0) is 19.3 Å². The van der Waals surface area contributed by atoms with Gasteiger partial charge in [-0.3, -0.25) is 0 Å². The van der Waals surface area contributed by atoms with Crippen molar-refractivity contribution in [3.8, 4) is 0 Å². The topological polar surface area (TPSA) is 37.3 Å². The van der Waals surface area contributed by atoms with Gasteiger partial charge in [-0.25, -0.2) is 4.79 Å². The monoisotopic (exact) mass is 310 g/mol. The lowest BCUT2D eigenvalue weighted by molar-refractivity contribution is 0.0696. The SMILES string of the molecule is CC1CCc2ccc3c(c21)CCc1ccc(C(=O)O)cc1S3. The first-order chi connectivity index (χ1) is 10.6. The van der Waals surface area contributed by atoms with Crippen LogP contribution in [-0.4, -0.2) is 11.1 Å². The molecule has 1 N–H and O–H groups in total. The summed E-state index contributed by atoms with van der Waals surface area (Å²) in [6.07, 6.45) is 4.52. The van der Waals surface area contributed by atoms with Crippen LogP contribution >= 0.6 is 11.8 Å². The van der Waals surface area contributed by atoms with Gasteiger partial charge in [-0.15, -0.1) is 0 Å². The van der Waals surface area contributed by atoms with Gasteiger partial charge in [-0.05, 0) is 72.1 Å². The van der Waals surface area contributed by atoms with Crippen molar-refractivity contribution in [2.24, 2.45) is 0 Å². The van der Waals surface area contributed by atoms with Crippen molar-refractivity contribution in [2.45, 2.75) is 48.3 Å². The summed E-state index contributed by atoms with van der Waals surface area (Å²) in [5.41, 5.74) is 6.23. The molecular weight excluding hydrogens is 292 g/mol. The lowest BCUT2D eigenvalue weighted by Crippen LogP contribution is -2.00. The van der Waals surface area contributed by atoms with Crippen LogP contribution in [0.4, 0.5) is 0 Å². The number of hydrogen-bond donors (Lipinski definition) is 1. The fourth-order valence-corrected chi connectivity index (χ4v) is 4.96. The minimum atomic E-state index is -0.851. The molecule has 112 valence electrons. The summed E-state index contributed by atoms with van der Waals surface area (Å²) in [4.78, 5) is 13.6. The minimum absolute atomic E-state index is 0.379. The van der Waals surface area contributed by atoms with Crippen LogP contribution < -0.4 is 0 Å². The number of carboxylic acids is 1. The summed E-state index contributed by atoms with van der Waals surface area (Å²) < 4.78 is 0. The predicted octanol–water partition coefficient (Wildman–Crippen LogP) is 4.68. The second-order valence-corrected chi connectivity index (χ2v) is 7.37. The molecule has 1 atom stereocenters. The second kappa shape index (κ2) is 5.17. The number of rotatable bonds is 1. The molecule has 2 aliphatic rings. The highest BCUT2D eigenvalue weighted by Crippen LogP contribution is 2.44. The van der Waals surface area contributed by atoms with Crippen LogP contribution in [0.2, 0.25) is 0 Å². The standard InChI is InChI=1S/C19H18O2S/c1-11-2-3-13-7-9-16-15(18(11)13)8-6-12-4-5-14(19(20)21)10-17(12)22-16/h4-5,7,9-11H,2-3,6,8H2,1H3,(H,20,21). The number of aryl methyl sites for hydroxylation is 2. The molecular formula is C19H18O2S. The van der Waals surface area contributed by atoms with E-state index in [4.69, 9.17) is 0 Å². The second-order valence-electron chi connectivity index (χ2n) is 6.28. The quantitative estimate of drug-likeness (QED) is 0.830. The predicted molar refractivity (Wildman–Crippen MR) is 88.1 cm³/mol. The van der Waals surface area contributed by atoms with E-state index in [1.807, 2.05) is 12.1 Å². The van der Waals surface area contributed by atoms with Crippen LogP contribution in [0.1, 0.15) is 51.9 Å². The molecule has 0 saturated carbocycles. The van der Waals surface area contributed by atoms with E-state index < -0.39 is 5.97 Å². The fraction of sp³-hybridized carbons (Fsp3) is 0.316. The van der Waals surface area contributed by atoms with Crippen molar-refractivity contribution in [3.05, 3.63) is 58.1 Å². The Labute approximate surface area is 134 Å². The molecule has 2 aromatic carbocycles. The highest BCUT2D eigenvalue weighted by molar-refractivity contribution is 7.99. The maximum absolute atomic E-state index is 11.2. The number of hydrogen-bond acceptors (Lipinski definition) is 2. The minimum Gasteiger partial charge on any atom is -0.478 e. The van der Waals surface area contributed by atoms with Gasteiger partial charge in [-0.2, -0.15) is 0 Å². The van der Waals surface area contributed by atoms with Crippen molar-refractivity contribution in [1.82, 2.24) is 0 Å². The van der Waals surface area contributed by atoms with Crippen molar-refractivity contribution < 1.29 is 9.90 Å². The van der Waals surface area contributed by atoms with Crippen LogP contribution in [0.25, 0.3) is 0 Å². The largest absolute Gasteiger partial charge is 0.478 e. The molecule has 3 heteroatoms. The van der Waals surface area contributed by atoms with E-state index in [0.29, 0.717) is 11.5 Å². The summed E-state index contributed by atoms with van der Waals surface area (Å²) in [7, 11) is 0. The Morgan fingerprint density at radius 1 is 1.09 bits per heavy atom.